The van der Waals surface area contributed by atoms with Crippen molar-refractivity contribution in [3.8, 4) is 0 Å². The Bertz CT molecular complexity index is 583. The minimum Gasteiger partial charge on any atom is -0.359 e. The molecule has 1 aromatic rings. The summed E-state index contributed by atoms with van der Waals surface area (Å²) in [6, 6.07) is 2.49. The summed E-state index contributed by atoms with van der Waals surface area (Å²) in [6.45, 7) is 11.3. The van der Waals surface area contributed by atoms with Gasteiger partial charge in [0.25, 0.3) is 0 Å². The highest BCUT2D eigenvalue weighted by Crippen LogP contribution is 2.26. The first-order valence-corrected chi connectivity index (χ1v) is 10.4. The lowest BCUT2D eigenvalue weighted by Crippen LogP contribution is -2.44. The molecule has 1 saturated heterocycles. The van der Waals surface area contributed by atoms with Crippen LogP contribution in [0.1, 0.15) is 70.2 Å². The van der Waals surface area contributed by atoms with E-state index in [1.54, 1.807) is 0 Å². The van der Waals surface area contributed by atoms with E-state index in [2.05, 4.69) is 41.5 Å². The average molecular weight is 489 g/mol. The Morgan fingerprint density at radius 1 is 1.33 bits per heavy atom. The number of hydrogen-bond donors (Lipinski definition) is 2. The normalized spacial score (nSPS) is 21.6. The fourth-order valence-corrected chi connectivity index (χ4v) is 4.02. The van der Waals surface area contributed by atoms with Crippen molar-refractivity contribution in [1.82, 2.24) is 20.7 Å². The van der Waals surface area contributed by atoms with E-state index in [9.17, 15) is 0 Å². The molecule has 1 aliphatic carbocycles. The maximum atomic E-state index is 5.40. The number of nitrogens with zero attached hydrogens (tertiary/aromatic N) is 3. The number of aliphatic imine (C=N–C) groups is 1. The molecule has 2 aliphatic rings. The van der Waals surface area contributed by atoms with Gasteiger partial charge in [0.15, 0.2) is 11.7 Å². The maximum Gasteiger partial charge on any atom is 0.191 e. The summed E-state index contributed by atoms with van der Waals surface area (Å²) in [5, 5.41) is 11.1. The van der Waals surface area contributed by atoms with Crippen LogP contribution in [0, 0.1) is 5.92 Å². The molecule has 2 N–H and O–H groups in total. The molecule has 7 heteroatoms. The molecule has 1 aromatic heterocycles. The SMILES string of the molecule is CCNC(=NCc1cc(C(C)C)no1)NC1CCN(CC2CCCC2)C1.I. The van der Waals surface area contributed by atoms with Crippen LogP contribution in [0.15, 0.2) is 15.6 Å². The van der Waals surface area contributed by atoms with E-state index < -0.39 is 0 Å². The van der Waals surface area contributed by atoms with Gasteiger partial charge in [0.05, 0.1) is 5.69 Å². The van der Waals surface area contributed by atoms with Crippen molar-refractivity contribution in [2.24, 2.45) is 10.9 Å². The van der Waals surface area contributed by atoms with Gasteiger partial charge in [-0.05, 0) is 38.0 Å². The van der Waals surface area contributed by atoms with Gasteiger partial charge in [0.1, 0.15) is 6.54 Å². The molecule has 0 amide bonds. The molecular weight excluding hydrogens is 453 g/mol. The standard InChI is InChI=1S/C20H35N5O.HI/c1-4-21-20(22-12-18-11-19(15(2)3)24-26-18)23-17-9-10-25(14-17)13-16-7-5-6-8-16;/h11,15-17H,4-10,12-14H2,1-3H3,(H2,21,22,23);1H. The van der Waals surface area contributed by atoms with Crippen molar-refractivity contribution in [2.45, 2.75) is 71.4 Å². The van der Waals surface area contributed by atoms with E-state index in [-0.39, 0.29) is 24.0 Å². The van der Waals surface area contributed by atoms with Gasteiger partial charge in [-0.25, -0.2) is 4.99 Å². The molecule has 1 aliphatic heterocycles. The summed E-state index contributed by atoms with van der Waals surface area (Å²) in [6.07, 6.45) is 6.90. The molecule has 0 radical (unpaired) electrons. The summed E-state index contributed by atoms with van der Waals surface area (Å²) in [5.74, 6) is 3.01. The second-order valence-corrected chi connectivity index (χ2v) is 8.11. The van der Waals surface area contributed by atoms with Gasteiger partial charge in [-0.15, -0.1) is 24.0 Å². The highest BCUT2D eigenvalue weighted by molar-refractivity contribution is 14.0. The van der Waals surface area contributed by atoms with Gasteiger partial charge in [-0.2, -0.15) is 0 Å². The van der Waals surface area contributed by atoms with Gasteiger partial charge in [0, 0.05) is 38.3 Å². The van der Waals surface area contributed by atoms with Crippen LogP contribution >= 0.6 is 24.0 Å². The number of halogens is 1. The first-order chi connectivity index (χ1) is 12.6. The molecule has 6 nitrogen and oxygen atoms in total. The van der Waals surface area contributed by atoms with Gasteiger partial charge < -0.3 is 20.1 Å². The van der Waals surface area contributed by atoms with Crippen molar-refractivity contribution in [3.63, 3.8) is 0 Å². The Morgan fingerprint density at radius 3 is 2.78 bits per heavy atom. The van der Waals surface area contributed by atoms with Crippen molar-refractivity contribution >= 4 is 29.9 Å². The number of nitrogens with one attached hydrogen (secondary N) is 2. The molecule has 3 rings (SSSR count). The predicted molar refractivity (Wildman–Crippen MR) is 121 cm³/mol. The van der Waals surface area contributed by atoms with E-state index in [0.29, 0.717) is 18.5 Å². The van der Waals surface area contributed by atoms with Gasteiger partial charge in [-0.1, -0.05) is 31.8 Å². The Morgan fingerprint density at radius 2 is 2.11 bits per heavy atom. The summed E-state index contributed by atoms with van der Waals surface area (Å²) in [7, 11) is 0. The zero-order chi connectivity index (χ0) is 18.4. The molecule has 0 spiro atoms. The molecule has 1 saturated carbocycles. The summed E-state index contributed by atoms with van der Waals surface area (Å²) in [4.78, 5) is 7.32. The van der Waals surface area contributed by atoms with Crippen LogP contribution in [-0.4, -0.2) is 48.2 Å². The van der Waals surface area contributed by atoms with Gasteiger partial charge in [-0.3, -0.25) is 0 Å². The Labute approximate surface area is 180 Å². The summed E-state index contributed by atoms with van der Waals surface area (Å²) < 4.78 is 5.40. The minimum absolute atomic E-state index is 0. The Kier molecular flexibility index (Phi) is 9.35. The highest BCUT2D eigenvalue weighted by atomic mass is 127. The second kappa shape index (κ2) is 11.2. The van der Waals surface area contributed by atoms with E-state index >= 15 is 0 Å². The van der Waals surface area contributed by atoms with E-state index in [1.165, 1.54) is 45.2 Å². The number of guanidine groups is 1. The number of aromatic nitrogens is 1. The molecule has 1 atom stereocenters. The Balaban J connectivity index is 0.00000261. The molecule has 154 valence electrons. The topological polar surface area (TPSA) is 65.7 Å². The quantitative estimate of drug-likeness (QED) is 0.347. The van der Waals surface area contributed by atoms with E-state index in [1.807, 2.05) is 6.07 Å². The van der Waals surface area contributed by atoms with Gasteiger partial charge >= 0.3 is 0 Å². The lowest BCUT2D eigenvalue weighted by molar-refractivity contribution is 0.275. The monoisotopic (exact) mass is 489 g/mol. The van der Waals surface area contributed by atoms with Crippen molar-refractivity contribution < 1.29 is 4.52 Å². The zero-order valence-corrected chi connectivity index (χ0v) is 19.4. The van der Waals surface area contributed by atoms with Crippen LogP contribution in [0.2, 0.25) is 0 Å². The fraction of sp³-hybridized carbons (Fsp3) is 0.800. The minimum atomic E-state index is 0. The first kappa shape index (κ1) is 22.5. The molecule has 0 aromatic carbocycles. The lowest BCUT2D eigenvalue weighted by Gasteiger charge is -2.21. The lowest BCUT2D eigenvalue weighted by atomic mass is 10.1. The largest absolute Gasteiger partial charge is 0.359 e. The molecule has 2 heterocycles. The van der Waals surface area contributed by atoms with Crippen molar-refractivity contribution in [3.05, 3.63) is 17.5 Å². The molecule has 0 bridgehead atoms. The fourth-order valence-electron chi connectivity index (χ4n) is 4.02. The van der Waals surface area contributed by atoms with Crippen LogP contribution < -0.4 is 10.6 Å². The molecule has 1 unspecified atom stereocenters. The smallest absolute Gasteiger partial charge is 0.191 e. The van der Waals surface area contributed by atoms with Gasteiger partial charge in [0.2, 0.25) is 0 Å². The maximum absolute atomic E-state index is 5.40. The third kappa shape index (κ3) is 6.93. The van der Waals surface area contributed by atoms with Crippen LogP contribution in [0.4, 0.5) is 0 Å². The number of hydrogen-bond acceptors (Lipinski definition) is 4. The summed E-state index contributed by atoms with van der Waals surface area (Å²) in [5.41, 5.74) is 0.992. The average Bonchev–Trinajstić information content (AvgIpc) is 3.35. The van der Waals surface area contributed by atoms with Crippen molar-refractivity contribution in [2.75, 3.05) is 26.2 Å². The predicted octanol–water partition coefficient (Wildman–Crippen LogP) is 3.74. The molecule has 27 heavy (non-hydrogen) atoms. The number of likely N-dealkylation sites (tertiary alicyclic amines) is 1. The van der Waals surface area contributed by atoms with Crippen LogP contribution in [0.5, 0.6) is 0 Å². The molecule has 2 fully saturated rings. The number of rotatable bonds is 7. The van der Waals surface area contributed by atoms with E-state index in [0.717, 1.165) is 36.4 Å². The van der Waals surface area contributed by atoms with Crippen LogP contribution in [-0.2, 0) is 6.54 Å². The van der Waals surface area contributed by atoms with Crippen molar-refractivity contribution in [1.29, 1.82) is 0 Å². The Hall–Kier alpha value is -0.830. The third-order valence-electron chi connectivity index (χ3n) is 5.51. The third-order valence-corrected chi connectivity index (χ3v) is 5.51. The second-order valence-electron chi connectivity index (χ2n) is 8.11. The molecular formula is C20H36IN5O. The van der Waals surface area contributed by atoms with E-state index in [4.69, 9.17) is 9.52 Å². The van der Waals surface area contributed by atoms with Crippen LogP contribution in [0.25, 0.3) is 0 Å². The summed E-state index contributed by atoms with van der Waals surface area (Å²) >= 11 is 0. The first-order valence-electron chi connectivity index (χ1n) is 10.4. The zero-order valence-electron chi connectivity index (χ0n) is 17.0. The van der Waals surface area contributed by atoms with Crippen LogP contribution in [0.3, 0.4) is 0 Å². The highest BCUT2D eigenvalue weighted by Gasteiger charge is 2.26.